The highest BCUT2D eigenvalue weighted by molar-refractivity contribution is 5.89. The van der Waals surface area contributed by atoms with Crippen LogP contribution in [0.3, 0.4) is 0 Å². The van der Waals surface area contributed by atoms with E-state index in [2.05, 4.69) is 17.3 Å². The molecule has 0 aromatic heterocycles. The van der Waals surface area contributed by atoms with Crippen molar-refractivity contribution in [1.82, 2.24) is 9.80 Å². The van der Waals surface area contributed by atoms with Crippen LogP contribution in [0.4, 0.5) is 10.5 Å². The molecule has 0 aliphatic carbocycles. The zero-order chi connectivity index (χ0) is 14.5. The summed E-state index contributed by atoms with van der Waals surface area (Å²) in [5, 5.41) is 12.5. The minimum absolute atomic E-state index is 0.0666. The van der Waals surface area contributed by atoms with Gasteiger partial charge >= 0.3 is 6.03 Å². The molecular formula is C15H23N3O2. The van der Waals surface area contributed by atoms with Crippen molar-refractivity contribution < 1.29 is 9.90 Å². The molecule has 1 fully saturated rings. The van der Waals surface area contributed by atoms with Crippen LogP contribution in [0.5, 0.6) is 0 Å². The predicted molar refractivity (Wildman–Crippen MR) is 79.8 cm³/mol. The van der Waals surface area contributed by atoms with Crippen molar-refractivity contribution in [3.8, 4) is 0 Å². The Kier molecular flexibility index (Phi) is 4.98. The zero-order valence-corrected chi connectivity index (χ0v) is 12.2. The van der Waals surface area contributed by atoms with Crippen LogP contribution >= 0.6 is 0 Å². The Morgan fingerprint density at radius 3 is 2.85 bits per heavy atom. The number of carbonyl (C=O) groups is 1. The van der Waals surface area contributed by atoms with Crippen molar-refractivity contribution in [1.29, 1.82) is 0 Å². The van der Waals surface area contributed by atoms with Crippen LogP contribution in [0, 0.1) is 0 Å². The van der Waals surface area contributed by atoms with Crippen LogP contribution in [-0.2, 0) is 0 Å². The molecule has 1 aromatic carbocycles. The van der Waals surface area contributed by atoms with E-state index in [4.69, 9.17) is 0 Å². The average Bonchev–Trinajstić information content (AvgIpc) is 2.64. The normalized spacial score (nSPS) is 18.4. The first-order valence-corrected chi connectivity index (χ1v) is 7.09. The lowest BCUT2D eigenvalue weighted by Crippen LogP contribution is -2.37. The number of likely N-dealkylation sites (N-methyl/N-ethyl adjacent to an activating group) is 1. The minimum atomic E-state index is -0.529. The number of nitrogens with zero attached hydrogens (tertiary/aromatic N) is 2. The molecule has 1 unspecified atom stereocenters. The summed E-state index contributed by atoms with van der Waals surface area (Å²) in [6, 6.07) is 7.28. The number of aliphatic hydroxyl groups excluding tert-OH is 1. The molecule has 2 rings (SSSR count). The largest absolute Gasteiger partial charge is 0.389 e. The molecule has 0 spiro atoms. The maximum absolute atomic E-state index is 12.2. The van der Waals surface area contributed by atoms with Crippen LogP contribution in [0.2, 0.25) is 0 Å². The fourth-order valence-corrected chi connectivity index (χ4v) is 2.33. The molecule has 5 nitrogen and oxygen atoms in total. The van der Waals surface area contributed by atoms with Gasteiger partial charge in [0.1, 0.15) is 0 Å². The summed E-state index contributed by atoms with van der Waals surface area (Å²) >= 11 is 0. The van der Waals surface area contributed by atoms with Gasteiger partial charge < -0.3 is 20.2 Å². The fraction of sp³-hybridized carbons (Fsp3) is 0.533. The van der Waals surface area contributed by atoms with Gasteiger partial charge in [0, 0.05) is 25.3 Å². The van der Waals surface area contributed by atoms with Gasteiger partial charge in [-0.3, -0.25) is 0 Å². The third-order valence-corrected chi connectivity index (χ3v) is 3.63. The summed E-state index contributed by atoms with van der Waals surface area (Å²) < 4.78 is 0. The molecule has 1 atom stereocenters. The summed E-state index contributed by atoms with van der Waals surface area (Å²) in [6.07, 6.45) is 0.469. The summed E-state index contributed by atoms with van der Waals surface area (Å²) in [6.45, 7) is 5.18. The Hall–Kier alpha value is -1.59. The first-order valence-electron chi connectivity index (χ1n) is 7.09. The molecule has 110 valence electrons. The molecule has 20 heavy (non-hydrogen) atoms. The molecular weight excluding hydrogens is 254 g/mol. The maximum Gasteiger partial charge on any atom is 0.321 e. The van der Waals surface area contributed by atoms with Crippen molar-refractivity contribution >= 4 is 11.7 Å². The molecule has 1 aliphatic heterocycles. The third-order valence-electron chi connectivity index (χ3n) is 3.63. The van der Waals surface area contributed by atoms with E-state index < -0.39 is 6.10 Å². The number of hydrogen-bond acceptors (Lipinski definition) is 3. The van der Waals surface area contributed by atoms with Gasteiger partial charge in [-0.25, -0.2) is 4.79 Å². The van der Waals surface area contributed by atoms with Gasteiger partial charge in [-0.15, -0.1) is 0 Å². The number of aliphatic hydroxyl groups is 1. The molecule has 5 heteroatoms. The van der Waals surface area contributed by atoms with Crippen LogP contribution in [0.1, 0.15) is 25.0 Å². The van der Waals surface area contributed by atoms with Gasteiger partial charge in [0.15, 0.2) is 0 Å². The van der Waals surface area contributed by atoms with Crippen LogP contribution in [0.15, 0.2) is 24.3 Å². The molecule has 1 aliphatic rings. The van der Waals surface area contributed by atoms with Gasteiger partial charge in [0.2, 0.25) is 0 Å². The quantitative estimate of drug-likeness (QED) is 0.868. The summed E-state index contributed by atoms with van der Waals surface area (Å²) in [4.78, 5) is 16.3. The smallest absolute Gasteiger partial charge is 0.321 e. The second kappa shape index (κ2) is 6.72. The highest BCUT2D eigenvalue weighted by Gasteiger charge is 2.17. The van der Waals surface area contributed by atoms with Crippen molar-refractivity contribution in [2.24, 2.45) is 0 Å². The molecule has 1 saturated heterocycles. The van der Waals surface area contributed by atoms with Crippen LogP contribution < -0.4 is 5.32 Å². The van der Waals surface area contributed by atoms with Crippen LogP contribution in [0.25, 0.3) is 0 Å². The standard InChI is InChI=1S/C15H23N3O2/c1-12(19)13-5-3-6-14(11-13)16-15(20)18-8-4-7-17(2)9-10-18/h3,5-6,11-12,19H,4,7-10H2,1-2H3,(H,16,20). The number of nitrogens with one attached hydrogen (secondary N) is 1. The van der Waals surface area contributed by atoms with Crippen molar-refractivity contribution in [3.05, 3.63) is 29.8 Å². The van der Waals surface area contributed by atoms with Gasteiger partial charge in [-0.1, -0.05) is 12.1 Å². The minimum Gasteiger partial charge on any atom is -0.389 e. The van der Waals surface area contributed by atoms with E-state index >= 15 is 0 Å². The number of benzene rings is 1. The molecule has 1 heterocycles. The second-order valence-electron chi connectivity index (χ2n) is 5.38. The molecule has 0 bridgehead atoms. The molecule has 2 amide bonds. The number of rotatable bonds is 2. The fourth-order valence-electron chi connectivity index (χ4n) is 2.33. The number of urea groups is 1. The first kappa shape index (κ1) is 14.8. The number of carbonyl (C=O) groups excluding carboxylic acids is 1. The zero-order valence-electron chi connectivity index (χ0n) is 12.2. The Morgan fingerprint density at radius 1 is 1.30 bits per heavy atom. The number of anilines is 1. The van der Waals surface area contributed by atoms with Gasteiger partial charge in [0.25, 0.3) is 0 Å². The monoisotopic (exact) mass is 277 g/mol. The molecule has 0 saturated carbocycles. The van der Waals surface area contributed by atoms with E-state index in [1.165, 1.54) is 0 Å². The molecule has 2 N–H and O–H groups in total. The Morgan fingerprint density at radius 2 is 2.10 bits per heavy atom. The predicted octanol–water partition coefficient (Wildman–Crippen LogP) is 1.91. The van der Waals surface area contributed by atoms with Crippen molar-refractivity contribution in [2.75, 3.05) is 38.5 Å². The lowest BCUT2D eigenvalue weighted by atomic mass is 10.1. The average molecular weight is 277 g/mol. The third kappa shape index (κ3) is 3.95. The van der Waals surface area contributed by atoms with Gasteiger partial charge in [-0.2, -0.15) is 0 Å². The van der Waals surface area contributed by atoms with Crippen molar-refractivity contribution in [2.45, 2.75) is 19.4 Å². The maximum atomic E-state index is 12.2. The topological polar surface area (TPSA) is 55.8 Å². The Bertz CT molecular complexity index is 462. The summed E-state index contributed by atoms with van der Waals surface area (Å²) in [7, 11) is 2.08. The van der Waals surface area contributed by atoms with E-state index in [1.807, 2.05) is 29.2 Å². The molecule has 0 radical (unpaired) electrons. The van der Waals surface area contributed by atoms with Gasteiger partial charge in [-0.05, 0) is 44.6 Å². The van der Waals surface area contributed by atoms with E-state index in [-0.39, 0.29) is 6.03 Å². The summed E-state index contributed by atoms with van der Waals surface area (Å²) in [5.74, 6) is 0. The van der Waals surface area contributed by atoms with E-state index in [0.717, 1.165) is 43.9 Å². The SMILES string of the molecule is CC(O)c1cccc(NC(=O)N2CCCN(C)CC2)c1. The van der Waals surface area contributed by atoms with Crippen LogP contribution in [-0.4, -0.2) is 54.2 Å². The Balaban J connectivity index is 1.98. The second-order valence-corrected chi connectivity index (χ2v) is 5.38. The van der Waals surface area contributed by atoms with Gasteiger partial charge in [0.05, 0.1) is 6.10 Å². The number of amides is 2. The Labute approximate surface area is 120 Å². The highest BCUT2D eigenvalue weighted by Crippen LogP contribution is 2.17. The lowest BCUT2D eigenvalue weighted by Gasteiger charge is -2.21. The number of hydrogen-bond donors (Lipinski definition) is 2. The van der Waals surface area contributed by atoms with Crippen molar-refractivity contribution in [3.63, 3.8) is 0 Å². The van der Waals surface area contributed by atoms with E-state index in [9.17, 15) is 9.90 Å². The van der Waals surface area contributed by atoms with E-state index in [0.29, 0.717) is 0 Å². The lowest BCUT2D eigenvalue weighted by molar-refractivity contribution is 0.199. The van der Waals surface area contributed by atoms with E-state index in [1.54, 1.807) is 6.92 Å². The first-order chi connectivity index (χ1) is 9.56. The highest BCUT2D eigenvalue weighted by atomic mass is 16.3. The molecule has 1 aromatic rings. The summed E-state index contributed by atoms with van der Waals surface area (Å²) in [5.41, 5.74) is 1.53.